The molecule has 1 aromatic heterocycles. The molecule has 0 amide bonds. The quantitative estimate of drug-likeness (QED) is 0.802. The highest BCUT2D eigenvalue weighted by atomic mass is 32.2. The van der Waals surface area contributed by atoms with Crippen LogP contribution in [-0.4, -0.2) is 31.7 Å². The Hall–Kier alpha value is -0.940. The van der Waals surface area contributed by atoms with Gasteiger partial charge in [-0.05, 0) is 31.5 Å². The van der Waals surface area contributed by atoms with Gasteiger partial charge in [-0.15, -0.1) is 0 Å². The fourth-order valence-corrected chi connectivity index (χ4v) is 3.40. The van der Waals surface area contributed by atoms with Crippen molar-refractivity contribution in [3.63, 3.8) is 0 Å². The van der Waals surface area contributed by atoms with Crippen LogP contribution >= 0.6 is 0 Å². The van der Waals surface area contributed by atoms with Crippen molar-refractivity contribution in [3.05, 3.63) is 24.4 Å². The molecule has 1 aromatic rings. The van der Waals surface area contributed by atoms with Crippen LogP contribution in [-0.2, 0) is 9.84 Å². The molecule has 15 heavy (non-hydrogen) atoms. The van der Waals surface area contributed by atoms with Gasteiger partial charge in [-0.2, -0.15) is 0 Å². The second-order valence-corrected chi connectivity index (χ2v) is 5.86. The van der Waals surface area contributed by atoms with Gasteiger partial charge in [0, 0.05) is 12.7 Å². The molecule has 2 rings (SSSR count). The molecule has 0 unspecified atom stereocenters. The van der Waals surface area contributed by atoms with Gasteiger partial charge in [-0.3, -0.25) is 0 Å². The number of nitrogens with zero attached hydrogens (tertiary/aromatic N) is 1. The van der Waals surface area contributed by atoms with E-state index in [-0.39, 0.29) is 10.3 Å². The van der Waals surface area contributed by atoms with E-state index in [1.54, 1.807) is 18.2 Å². The minimum atomic E-state index is -3.24. The van der Waals surface area contributed by atoms with E-state index in [4.69, 9.17) is 0 Å². The zero-order valence-electron chi connectivity index (χ0n) is 8.39. The summed E-state index contributed by atoms with van der Waals surface area (Å²) in [6.45, 7) is 1.45. The summed E-state index contributed by atoms with van der Waals surface area (Å²) in [6, 6.07) is 4.98. The van der Waals surface area contributed by atoms with Crippen LogP contribution in [0.4, 0.5) is 0 Å². The summed E-state index contributed by atoms with van der Waals surface area (Å²) in [5.74, 6) is 0. The van der Waals surface area contributed by atoms with E-state index in [0.717, 1.165) is 19.4 Å². The highest BCUT2D eigenvalue weighted by Crippen LogP contribution is 2.18. The standard InChI is InChI=1S/C10H14N2O2S/c13-15(14,9-4-3-6-11-8-9)10-5-1-2-7-12-10/h1-2,5,7,9,11H,3-4,6,8H2/t9-/m1/s1. The van der Waals surface area contributed by atoms with Crippen LogP contribution in [0.5, 0.6) is 0 Å². The number of sulfone groups is 1. The Balaban J connectivity index is 2.26. The van der Waals surface area contributed by atoms with Crippen molar-refractivity contribution >= 4 is 9.84 Å². The van der Waals surface area contributed by atoms with Gasteiger partial charge < -0.3 is 5.32 Å². The van der Waals surface area contributed by atoms with E-state index in [0.29, 0.717) is 6.54 Å². The average Bonchev–Trinajstić information content (AvgIpc) is 2.31. The van der Waals surface area contributed by atoms with Crippen LogP contribution in [0.2, 0.25) is 0 Å². The molecule has 0 saturated carbocycles. The SMILES string of the molecule is O=S(=O)(c1ccccn1)[C@@H]1CCCNC1. The first kappa shape index (κ1) is 10.6. The smallest absolute Gasteiger partial charge is 0.199 e. The third-order valence-corrected chi connectivity index (χ3v) is 4.72. The largest absolute Gasteiger partial charge is 0.315 e. The van der Waals surface area contributed by atoms with Crippen molar-refractivity contribution in [2.75, 3.05) is 13.1 Å². The molecule has 5 heteroatoms. The fraction of sp³-hybridized carbons (Fsp3) is 0.500. The predicted octanol–water partition coefficient (Wildman–Crippen LogP) is 0.607. The first-order chi connectivity index (χ1) is 7.21. The van der Waals surface area contributed by atoms with Crippen molar-refractivity contribution in [2.45, 2.75) is 23.1 Å². The van der Waals surface area contributed by atoms with Crippen LogP contribution in [0.25, 0.3) is 0 Å². The Morgan fingerprint density at radius 3 is 2.87 bits per heavy atom. The molecule has 0 aliphatic carbocycles. The summed E-state index contributed by atoms with van der Waals surface area (Å²) >= 11 is 0. The lowest BCUT2D eigenvalue weighted by Crippen LogP contribution is -2.39. The van der Waals surface area contributed by atoms with Gasteiger partial charge in [0.25, 0.3) is 0 Å². The maximum atomic E-state index is 12.1. The molecule has 1 fully saturated rings. The van der Waals surface area contributed by atoms with Crippen molar-refractivity contribution in [1.29, 1.82) is 0 Å². The zero-order valence-corrected chi connectivity index (χ0v) is 9.20. The van der Waals surface area contributed by atoms with E-state index in [9.17, 15) is 8.42 Å². The number of hydrogen-bond donors (Lipinski definition) is 1. The average molecular weight is 226 g/mol. The summed E-state index contributed by atoms with van der Waals surface area (Å²) in [4.78, 5) is 3.91. The molecule has 4 nitrogen and oxygen atoms in total. The van der Waals surface area contributed by atoms with Gasteiger partial charge in [0.1, 0.15) is 0 Å². The van der Waals surface area contributed by atoms with E-state index in [1.165, 1.54) is 6.20 Å². The molecule has 1 atom stereocenters. The second-order valence-electron chi connectivity index (χ2n) is 3.68. The van der Waals surface area contributed by atoms with Crippen LogP contribution in [0, 0.1) is 0 Å². The topological polar surface area (TPSA) is 59.1 Å². The van der Waals surface area contributed by atoms with E-state index < -0.39 is 9.84 Å². The zero-order chi connectivity index (χ0) is 10.7. The first-order valence-electron chi connectivity index (χ1n) is 5.07. The van der Waals surface area contributed by atoms with Gasteiger partial charge in [0.15, 0.2) is 14.9 Å². The minimum Gasteiger partial charge on any atom is -0.315 e. The molecular weight excluding hydrogens is 212 g/mol. The summed E-state index contributed by atoms with van der Waals surface area (Å²) in [5, 5.41) is 2.98. The van der Waals surface area contributed by atoms with Gasteiger partial charge in [0.05, 0.1) is 5.25 Å². The lowest BCUT2D eigenvalue weighted by Gasteiger charge is -2.22. The number of pyridine rings is 1. The van der Waals surface area contributed by atoms with Crippen molar-refractivity contribution in [2.24, 2.45) is 0 Å². The second kappa shape index (κ2) is 4.28. The molecule has 0 bridgehead atoms. The normalized spacial score (nSPS) is 22.5. The van der Waals surface area contributed by atoms with Gasteiger partial charge in [-0.25, -0.2) is 13.4 Å². The molecular formula is C10H14N2O2S. The number of nitrogens with one attached hydrogen (secondary N) is 1. The van der Waals surface area contributed by atoms with Crippen LogP contribution in [0.15, 0.2) is 29.4 Å². The Bertz CT molecular complexity index is 410. The van der Waals surface area contributed by atoms with Crippen molar-refractivity contribution in [3.8, 4) is 0 Å². The van der Waals surface area contributed by atoms with E-state index >= 15 is 0 Å². The molecule has 1 aliphatic heterocycles. The minimum absolute atomic E-state index is 0.193. The number of aromatic nitrogens is 1. The molecule has 1 N–H and O–H groups in total. The molecule has 2 heterocycles. The molecule has 1 saturated heterocycles. The fourth-order valence-electron chi connectivity index (χ4n) is 1.77. The maximum Gasteiger partial charge on any atom is 0.199 e. The molecule has 82 valence electrons. The molecule has 0 aromatic carbocycles. The monoisotopic (exact) mass is 226 g/mol. The third kappa shape index (κ3) is 2.18. The summed E-state index contributed by atoms with van der Waals surface area (Å²) in [5.41, 5.74) is 0. The molecule has 0 radical (unpaired) electrons. The van der Waals surface area contributed by atoms with Gasteiger partial charge >= 0.3 is 0 Å². The van der Waals surface area contributed by atoms with Crippen LogP contribution in [0.3, 0.4) is 0 Å². The summed E-state index contributed by atoms with van der Waals surface area (Å²) in [7, 11) is -3.24. The molecule has 1 aliphatic rings. The third-order valence-electron chi connectivity index (χ3n) is 2.62. The maximum absolute atomic E-state index is 12.1. The number of rotatable bonds is 2. The first-order valence-corrected chi connectivity index (χ1v) is 6.61. The lowest BCUT2D eigenvalue weighted by molar-refractivity contribution is 0.495. The van der Waals surface area contributed by atoms with Crippen molar-refractivity contribution in [1.82, 2.24) is 10.3 Å². The van der Waals surface area contributed by atoms with Crippen LogP contribution in [0.1, 0.15) is 12.8 Å². The Morgan fingerprint density at radius 1 is 1.40 bits per heavy atom. The molecule has 0 spiro atoms. The Labute approximate surface area is 89.6 Å². The highest BCUT2D eigenvalue weighted by molar-refractivity contribution is 7.92. The van der Waals surface area contributed by atoms with E-state index in [2.05, 4.69) is 10.3 Å². The van der Waals surface area contributed by atoms with Crippen LogP contribution < -0.4 is 5.32 Å². The van der Waals surface area contributed by atoms with Gasteiger partial charge in [-0.1, -0.05) is 6.07 Å². The highest BCUT2D eigenvalue weighted by Gasteiger charge is 2.29. The Kier molecular flexibility index (Phi) is 3.02. The van der Waals surface area contributed by atoms with Crippen molar-refractivity contribution < 1.29 is 8.42 Å². The lowest BCUT2D eigenvalue weighted by atomic mass is 10.2. The summed E-state index contributed by atoms with van der Waals surface area (Å²) < 4.78 is 24.2. The summed E-state index contributed by atoms with van der Waals surface area (Å²) in [6.07, 6.45) is 3.16. The van der Waals surface area contributed by atoms with Gasteiger partial charge in [0.2, 0.25) is 0 Å². The number of piperidine rings is 1. The van der Waals surface area contributed by atoms with E-state index in [1.807, 2.05) is 0 Å². The Morgan fingerprint density at radius 2 is 2.27 bits per heavy atom. The predicted molar refractivity (Wildman–Crippen MR) is 57.3 cm³/mol. The number of hydrogen-bond acceptors (Lipinski definition) is 4.